The molecule has 0 bridgehead atoms. The van der Waals surface area contributed by atoms with Crippen molar-refractivity contribution in [3.63, 3.8) is 0 Å². The van der Waals surface area contributed by atoms with Gasteiger partial charge in [-0.15, -0.1) is 0 Å². The van der Waals surface area contributed by atoms with E-state index in [4.69, 9.17) is 11.6 Å². The van der Waals surface area contributed by atoms with Crippen molar-refractivity contribution in [2.24, 2.45) is 0 Å². The number of imidazole rings is 1. The Morgan fingerprint density at radius 1 is 1.41 bits per heavy atom. The smallest absolute Gasteiger partial charge is 0.0945 e. The van der Waals surface area contributed by atoms with E-state index in [1.54, 1.807) is 6.20 Å². The van der Waals surface area contributed by atoms with Crippen LogP contribution in [0.4, 0.5) is 5.69 Å². The van der Waals surface area contributed by atoms with Gasteiger partial charge in [-0.25, -0.2) is 4.98 Å². The largest absolute Gasteiger partial charge is 0.385 e. The molecule has 0 fully saturated rings. The molecule has 2 aromatic rings. The second-order valence-electron chi connectivity index (χ2n) is 3.99. The van der Waals surface area contributed by atoms with Gasteiger partial charge in [0.2, 0.25) is 0 Å². The highest BCUT2D eigenvalue weighted by Crippen LogP contribution is 2.22. The molecule has 1 aromatic carbocycles. The van der Waals surface area contributed by atoms with E-state index in [9.17, 15) is 0 Å². The van der Waals surface area contributed by atoms with Gasteiger partial charge in [0, 0.05) is 36.2 Å². The number of hydrogen-bond donors (Lipinski definition) is 1. The Labute approximate surface area is 106 Å². The molecule has 0 radical (unpaired) electrons. The lowest BCUT2D eigenvalue weighted by Gasteiger charge is -2.10. The lowest BCUT2D eigenvalue weighted by Crippen LogP contribution is -2.06. The van der Waals surface area contributed by atoms with E-state index >= 15 is 0 Å². The zero-order chi connectivity index (χ0) is 12.1. The topological polar surface area (TPSA) is 29.9 Å². The van der Waals surface area contributed by atoms with Crippen LogP contribution in [0.25, 0.3) is 0 Å². The average molecular weight is 250 g/mol. The van der Waals surface area contributed by atoms with Crippen LogP contribution in [0.3, 0.4) is 0 Å². The first-order valence-corrected chi connectivity index (χ1v) is 6.10. The predicted octanol–water partition coefficient (Wildman–Crippen LogP) is 3.35. The summed E-state index contributed by atoms with van der Waals surface area (Å²) in [5.41, 5.74) is 2.22. The van der Waals surface area contributed by atoms with Crippen LogP contribution in [-0.4, -0.2) is 16.1 Å². The summed E-state index contributed by atoms with van der Waals surface area (Å²) in [4.78, 5) is 4.01. The van der Waals surface area contributed by atoms with Crippen LogP contribution >= 0.6 is 11.6 Å². The fraction of sp³-hybridized carbons (Fsp3) is 0.308. The number of hydrogen-bond acceptors (Lipinski definition) is 2. The molecule has 0 atom stereocenters. The average Bonchev–Trinajstić information content (AvgIpc) is 2.83. The van der Waals surface area contributed by atoms with Gasteiger partial charge in [-0.05, 0) is 31.0 Å². The molecule has 1 aromatic heterocycles. The van der Waals surface area contributed by atoms with E-state index in [1.165, 1.54) is 0 Å². The van der Waals surface area contributed by atoms with Gasteiger partial charge in [-0.3, -0.25) is 0 Å². The number of nitrogens with zero attached hydrogens (tertiary/aromatic N) is 2. The van der Waals surface area contributed by atoms with Gasteiger partial charge < -0.3 is 9.88 Å². The zero-order valence-electron chi connectivity index (χ0n) is 9.86. The van der Waals surface area contributed by atoms with Gasteiger partial charge in [-0.1, -0.05) is 17.7 Å². The summed E-state index contributed by atoms with van der Waals surface area (Å²) in [6, 6.07) is 5.93. The third-order valence-corrected chi connectivity index (χ3v) is 3.14. The van der Waals surface area contributed by atoms with Crippen molar-refractivity contribution in [3.8, 4) is 0 Å². The molecule has 1 heterocycles. The maximum atomic E-state index is 6.06. The zero-order valence-corrected chi connectivity index (χ0v) is 10.6. The Balaban J connectivity index is 1.80. The van der Waals surface area contributed by atoms with Gasteiger partial charge in [-0.2, -0.15) is 0 Å². The molecule has 0 aliphatic rings. The van der Waals surface area contributed by atoms with Gasteiger partial charge in [0.25, 0.3) is 0 Å². The van der Waals surface area contributed by atoms with Crippen LogP contribution in [-0.2, 0) is 6.54 Å². The Hall–Kier alpha value is -1.48. The fourth-order valence-electron chi connectivity index (χ4n) is 1.70. The summed E-state index contributed by atoms with van der Waals surface area (Å²) in [7, 11) is 0. The lowest BCUT2D eigenvalue weighted by molar-refractivity contribution is 0.660. The van der Waals surface area contributed by atoms with Crippen LogP contribution in [0.15, 0.2) is 36.9 Å². The van der Waals surface area contributed by atoms with E-state index in [1.807, 2.05) is 31.6 Å². The third-order valence-electron chi connectivity index (χ3n) is 2.74. The molecule has 0 aliphatic heterocycles. The molecule has 0 aliphatic carbocycles. The van der Waals surface area contributed by atoms with Gasteiger partial charge >= 0.3 is 0 Å². The van der Waals surface area contributed by atoms with Gasteiger partial charge in [0.1, 0.15) is 0 Å². The number of halogens is 1. The molecule has 17 heavy (non-hydrogen) atoms. The first-order valence-electron chi connectivity index (χ1n) is 5.72. The van der Waals surface area contributed by atoms with Crippen molar-refractivity contribution in [3.05, 3.63) is 47.5 Å². The summed E-state index contributed by atoms with van der Waals surface area (Å²) < 4.78 is 2.08. The summed E-state index contributed by atoms with van der Waals surface area (Å²) >= 11 is 6.06. The molecule has 3 nitrogen and oxygen atoms in total. The molecule has 2 rings (SSSR count). The second-order valence-corrected chi connectivity index (χ2v) is 4.40. The third kappa shape index (κ3) is 3.24. The maximum Gasteiger partial charge on any atom is 0.0945 e. The Morgan fingerprint density at radius 3 is 3.06 bits per heavy atom. The number of aryl methyl sites for hydroxylation is 1. The van der Waals surface area contributed by atoms with Crippen LogP contribution in [0.2, 0.25) is 5.02 Å². The SMILES string of the molecule is Cc1c(Cl)cccc1NCCCn1ccnc1. The second kappa shape index (κ2) is 5.73. The summed E-state index contributed by atoms with van der Waals surface area (Å²) in [5, 5.41) is 4.21. The highest BCUT2D eigenvalue weighted by atomic mass is 35.5. The summed E-state index contributed by atoms with van der Waals surface area (Å²) in [5.74, 6) is 0. The van der Waals surface area contributed by atoms with Crippen LogP contribution in [0.1, 0.15) is 12.0 Å². The van der Waals surface area contributed by atoms with Crippen molar-refractivity contribution in [1.29, 1.82) is 0 Å². The van der Waals surface area contributed by atoms with E-state index in [-0.39, 0.29) is 0 Å². The predicted molar refractivity (Wildman–Crippen MR) is 71.5 cm³/mol. The fourth-order valence-corrected chi connectivity index (χ4v) is 1.88. The van der Waals surface area contributed by atoms with Crippen LogP contribution in [0.5, 0.6) is 0 Å². The number of benzene rings is 1. The minimum atomic E-state index is 0.810. The molecule has 0 amide bonds. The Kier molecular flexibility index (Phi) is 4.04. The molecule has 0 spiro atoms. The monoisotopic (exact) mass is 249 g/mol. The quantitative estimate of drug-likeness (QED) is 0.824. The minimum Gasteiger partial charge on any atom is -0.385 e. The van der Waals surface area contributed by atoms with E-state index < -0.39 is 0 Å². The molecule has 1 N–H and O–H groups in total. The number of rotatable bonds is 5. The van der Waals surface area contributed by atoms with Crippen molar-refractivity contribution >= 4 is 17.3 Å². The Bertz CT molecular complexity index is 466. The highest BCUT2D eigenvalue weighted by Gasteiger charge is 2.00. The number of aromatic nitrogens is 2. The maximum absolute atomic E-state index is 6.06. The molecule has 90 valence electrons. The lowest BCUT2D eigenvalue weighted by atomic mass is 10.2. The van der Waals surface area contributed by atoms with E-state index in [0.717, 1.165) is 35.8 Å². The molecular weight excluding hydrogens is 234 g/mol. The van der Waals surface area contributed by atoms with Crippen LogP contribution < -0.4 is 5.32 Å². The van der Waals surface area contributed by atoms with Crippen molar-refractivity contribution in [2.45, 2.75) is 19.9 Å². The molecule has 0 unspecified atom stereocenters. The molecular formula is C13H16ClN3. The first-order chi connectivity index (χ1) is 8.27. The number of anilines is 1. The van der Waals surface area contributed by atoms with Crippen molar-refractivity contribution in [2.75, 3.05) is 11.9 Å². The first kappa shape index (κ1) is 12.0. The Morgan fingerprint density at radius 2 is 2.29 bits per heavy atom. The van der Waals surface area contributed by atoms with Gasteiger partial charge in [0.05, 0.1) is 6.33 Å². The minimum absolute atomic E-state index is 0.810. The molecule has 0 saturated heterocycles. The normalized spacial score (nSPS) is 10.5. The van der Waals surface area contributed by atoms with Crippen molar-refractivity contribution in [1.82, 2.24) is 9.55 Å². The summed E-state index contributed by atoms with van der Waals surface area (Å²) in [6.07, 6.45) is 6.67. The number of nitrogens with one attached hydrogen (secondary N) is 1. The van der Waals surface area contributed by atoms with E-state index in [2.05, 4.69) is 20.9 Å². The van der Waals surface area contributed by atoms with Gasteiger partial charge in [0.15, 0.2) is 0 Å². The highest BCUT2D eigenvalue weighted by molar-refractivity contribution is 6.31. The van der Waals surface area contributed by atoms with Crippen molar-refractivity contribution < 1.29 is 0 Å². The molecule has 0 saturated carbocycles. The van der Waals surface area contributed by atoms with Crippen LogP contribution in [0, 0.1) is 6.92 Å². The van der Waals surface area contributed by atoms with E-state index in [0.29, 0.717) is 0 Å². The summed E-state index contributed by atoms with van der Waals surface area (Å²) in [6.45, 7) is 3.94. The molecule has 4 heteroatoms. The standard InChI is InChI=1S/C13H16ClN3/c1-11-12(14)4-2-5-13(11)16-6-3-8-17-9-7-15-10-17/h2,4-5,7,9-10,16H,3,6,8H2,1H3.